The maximum Gasteiger partial charge on any atom is 0.408 e. The summed E-state index contributed by atoms with van der Waals surface area (Å²) in [6, 6.07) is 18.7. The molecule has 0 radical (unpaired) electrons. The van der Waals surface area contributed by atoms with Gasteiger partial charge < -0.3 is 43.6 Å². The van der Waals surface area contributed by atoms with Gasteiger partial charge in [0, 0.05) is 6.61 Å². The fraction of sp³-hybridized carbons (Fsp3) is 0.568. The minimum Gasteiger partial charge on any atom is -0.496 e. The van der Waals surface area contributed by atoms with Crippen LogP contribution in [0.15, 0.2) is 73.0 Å². The van der Waals surface area contributed by atoms with E-state index in [1.807, 2.05) is 67.6 Å². The number of aliphatic hydroxyl groups is 1. The number of benzene rings is 2. The molecule has 11 heteroatoms. The lowest BCUT2D eigenvalue weighted by Crippen LogP contribution is -2.48. The SMILES string of the molecule is CCCCO[C@H]1COC[C@H](NC(=O)OC(C)(C)C)C(=O)O[C@@H](C)[C@@H]1OCc1ccccc1.C[C@@H]1OC=C[C@H](O)[C@H]1OCc1ccccc1. The molecule has 0 spiro atoms. The molecule has 2 aliphatic rings. The molecule has 0 aliphatic carbocycles. The summed E-state index contributed by atoms with van der Waals surface area (Å²) in [7, 11) is 0. The van der Waals surface area contributed by atoms with Gasteiger partial charge in [-0.25, -0.2) is 9.59 Å². The largest absolute Gasteiger partial charge is 0.496 e. The highest BCUT2D eigenvalue weighted by molar-refractivity contribution is 5.81. The number of rotatable bonds is 11. The third kappa shape index (κ3) is 13.9. The average molecular weight is 672 g/mol. The molecular weight excluding hydrogens is 618 g/mol. The molecule has 48 heavy (non-hydrogen) atoms. The highest BCUT2D eigenvalue weighted by Gasteiger charge is 2.36. The van der Waals surface area contributed by atoms with Crippen LogP contribution in [0, 0.1) is 0 Å². The summed E-state index contributed by atoms with van der Waals surface area (Å²) in [5.41, 5.74) is 1.41. The smallest absolute Gasteiger partial charge is 0.408 e. The van der Waals surface area contributed by atoms with E-state index in [4.69, 9.17) is 33.2 Å². The zero-order chi connectivity index (χ0) is 34.9. The van der Waals surface area contributed by atoms with Gasteiger partial charge >= 0.3 is 12.1 Å². The number of amides is 1. The summed E-state index contributed by atoms with van der Waals surface area (Å²) in [4.78, 5) is 24.9. The number of carbonyl (C=O) groups excluding carboxylic acids is 2. The standard InChI is InChI=1S/C24H37NO7.C13H16O3/c1-6-7-13-29-20-16-28-15-19(25-23(27)32-24(3,4)5)22(26)31-17(2)21(20)30-14-18-11-9-8-10-12-18;1-10-13(12(14)7-8-15-10)16-9-11-5-3-2-4-6-11/h8-12,17,19-21H,6-7,13-16H2,1-5H3,(H,25,27);2-8,10,12-14H,9H2,1H3/t17-,19-,20-,21-;10-,12-,13-/m00/s1. The van der Waals surface area contributed by atoms with Gasteiger partial charge in [-0.2, -0.15) is 0 Å². The molecule has 0 bridgehead atoms. The molecule has 2 aromatic rings. The zero-order valence-corrected chi connectivity index (χ0v) is 29.0. The molecule has 1 fully saturated rings. The number of esters is 1. The first-order chi connectivity index (χ1) is 23.0. The second-order valence-corrected chi connectivity index (χ2v) is 12.8. The van der Waals surface area contributed by atoms with Crippen LogP contribution in [0.3, 0.4) is 0 Å². The van der Waals surface area contributed by atoms with Gasteiger partial charge in [0.1, 0.15) is 42.2 Å². The van der Waals surface area contributed by atoms with Gasteiger partial charge in [0.2, 0.25) is 0 Å². The Bertz CT molecular complexity index is 1240. The summed E-state index contributed by atoms with van der Waals surface area (Å²) in [5.74, 6) is -0.606. The number of nitrogens with one attached hydrogen (secondary N) is 1. The van der Waals surface area contributed by atoms with Crippen molar-refractivity contribution >= 4 is 12.1 Å². The highest BCUT2D eigenvalue weighted by atomic mass is 16.6. The first-order valence-corrected chi connectivity index (χ1v) is 16.7. The summed E-state index contributed by atoms with van der Waals surface area (Å²) >= 11 is 0. The summed E-state index contributed by atoms with van der Waals surface area (Å²) < 4.78 is 39.8. The molecule has 1 saturated heterocycles. The quantitative estimate of drug-likeness (QED) is 0.234. The van der Waals surface area contributed by atoms with E-state index in [1.54, 1.807) is 33.8 Å². The van der Waals surface area contributed by atoms with Gasteiger partial charge in [0.05, 0.1) is 32.7 Å². The van der Waals surface area contributed by atoms with E-state index < -0.39 is 48.1 Å². The monoisotopic (exact) mass is 671 g/mol. The third-order valence-corrected chi connectivity index (χ3v) is 7.44. The van der Waals surface area contributed by atoms with Gasteiger partial charge in [-0.15, -0.1) is 0 Å². The van der Waals surface area contributed by atoms with Crippen molar-refractivity contribution in [2.75, 3.05) is 19.8 Å². The highest BCUT2D eigenvalue weighted by Crippen LogP contribution is 2.20. The Labute approximate surface area is 284 Å². The lowest BCUT2D eigenvalue weighted by atomic mass is 10.1. The number of hydrogen-bond donors (Lipinski definition) is 2. The normalized spacial score (nSPS) is 26.0. The number of aliphatic hydroxyl groups excluding tert-OH is 1. The number of cyclic esters (lactones) is 1. The van der Waals surface area contributed by atoms with Crippen molar-refractivity contribution < 1.29 is 47.9 Å². The Kier molecular flexibility index (Phi) is 16.3. The topological polar surface area (TPSA) is 131 Å². The molecule has 2 aliphatic heterocycles. The Hall–Kier alpha value is -3.48. The number of unbranched alkanes of at least 4 members (excludes halogenated alkanes) is 1. The van der Waals surface area contributed by atoms with Crippen LogP contribution in [0.2, 0.25) is 0 Å². The number of carbonyl (C=O) groups is 2. The van der Waals surface area contributed by atoms with Crippen molar-refractivity contribution in [1.82, 2.24) is 5.32 Å². The molecule has 11 nitrogen and oxygen atoms in total. The predicted molar refractivity (Wildman–Crippen MR) is 180 cm³/mol. The van der Waals surface area contributed by atoms with Crippen molar-refractivity contribution in [2.24, 2.45) is 0 Å². The molecule has 0 saturated carbocycles. The van der Waals surface area contributed by atoms with Crippen LogP contribution >= 0.6 is 0 Å². The maximum atomic E-state index is 12.7. The number of ether oxygens (including phenoxy) is 7. The Balaban J connectivity index is 0.000000324. The fourth-order valence-electron chi connectivity index (χ4n) is 4.90. The van der Waals surface area contributed by atoms with E-state index in [0.29, 0.717) is 19.8 Å². The summed E-state index contributed by atoms with van der Waals surface area (Å²) in [5, 5.41) is 12.3. The average Bonchev–Trinajstić information content (AvgIpc) is 3.09. The molecule has 2 N–H and O–H groups in total. The van der Waals surface area contributed by atoms with E-state index in [1.165, 1.54) is 6.26 Å². The van der Waals surface area contributed by atoms with Crippen molar-refractivity contribution in [3.8, 4) is 0 Å². The Morgan fingerprint density at radius 3 is 2.06 bits per heavy atom. The van der Waals surface area contributed by atoms with Gasteiger partial charge in [0.15, 0.2) is 6.04 Å². The molecule has 4 rings (SSSR count). The van der Waals surface area contributed by atoms with E-state index >= 15 is 0 Å². The summed E-state index contributed by atoms with van der Waals surface area (Å²) in [6.07, 6.45) is 1.75. The molecular formula is C37H53NO10. The Morgan fingerprint density at radius 2 is 1.50 bits per heavy atom. The minimum atomic E-state index is -0.989. The van der Waals surface area contributed by atoms with Crippen molar-refractivity contribution in [3.05, 3.63) is 84.1 Å². The first kappa shape index (κ1) is 39.0. The minimum absolute atomic E-state index is 0.0517. The molecule has 266 valence electrons. The molecule has 2 aromatic carbocycles. The lowest BCUT2D eigenvalue weighted by molar-refractivity contribution is -0.169. The van der Waals surface area contributed by atoms with Crippen LogP contribution in [0.1, 0.15) is 65.5 Å². The zero-order valence-electron chi connectivity index (χ0n) is 29.0. The predicted octanol–water partition coefficient (Wildman–Crippen LogP) is 5.48. The fourth-order valence-corrected chi connectivity index (χ4v) is 4.90. The third-order valence-electron chi connectivity index (χ3n) is 7.44. The molecule has 1 amide bonds. The van der Waals surface area contributed by atoms with Crippen LogP contribution in [0.4, 0.5) is 4.79 Å². The summed E-state index contributed by atoms with van der Waals surface area (Å²) in [6.45, 7) is 12.5. The first-order valence-electron chi connectivity index (χ1n) is 16.7. The number of hydrogen-bond acceptors (Lipinski definition) is 10. The van der Waals surface area contributed by atoms with Gasteiger partial charge in [0.25, 0.3) is 0 Å². The lowest BCUT2D eigenvalue weighted by Gasteiger charge is -2.30. The maximum absolute atomic E-state index is 12.7. The molecule has 0 aromatic heterocycles. The van der Waals surface area contributed by atoms with Crippen molar-refractivity contribution in [2.45, 2.75) is 116 Å². The molecule has 7 atom stereocenters. The molecule has 0 unspecified atom stereocenters. The van der Waals surface area contributed by atoms with Crippen LogP contribution in [-0.4, -0.2) is 85.3 Å². The van der Waals surface area contributed by atoms with Gasteiger partial charge in [-0.3, -0.25) is 0 Å². The second kappa shape index (κ2) is 20.1. The van der Waals surface area contributed by atoms with Gasteiger partial charge in [-0.05, 0) is 58.2 Å². The second-order valence-electron chi connectivity index (χ2n) is 12.8. The van der Waals surface area contributed by atoms with E-state index in [-0.39, 0.29) is 25.4 Å². The van der Waals surface area contributed by atoms with Crippen LogP contribution in [0.5, 0.6) is 0 Å². The number of alkyl carbamates (subject to hydrolysis) is 1. The molecule has 2 heterocycles. The van der Waals surface area contributed by atoms with Crippen LogP contribution < -0.4 is 5.32 Å². The van der Waals surface area contributed by atoms with Crippen molar-refractivity contribution in [1.29, 1.82) is 0 Å². The van der Waals surface area contributed by atoms with E-state index in [0.717, 1.165) is 24.0 Å². The van der Waals surface area contributed by atoms with Crippen LogP contribution in [0.25, 0.3) is 0 Å². The van der Waals surface area contributed by atoms with E-state index in [9.17, 15) is 14.7 Å². The van der Waals surface area contributed by atoms with Crippen LogP contribution in [-0.2, 0) is 51.2 Å². The van der Waals surface area contributed by atoms with E-state index in [2.05, 4.69) is 12.2 Å². The Morgan fingerprint density at radius 1 is 0.896 bits per heavy atom. The van der Waals surface area contributed by atoms with Gasteiger partial charge in [-0.1, -0.05) is 74.0 Å². The van der Waals surface area contributed by atoms with Crippen molar-refractivity contribution in [3.63, 3.8) is 0 Å².